The fourth-order valence-corrected chi connectivity index (χ4v) is 4.09. The molecule has 2 aromatic carbocycles. The molecule has 5 nitrogen and oxygen atoms in total. The van der Waals surface area contributed by atoms with Gasteiger partial charge in [-0.3, -0.25) is 4.79 Å². The minimum atomic E-state index is -0.316. The zero-order valence-electron chi connectivity index (χ0n) is 16.0. The maximum Gasteiger partial charge on any atom is 0.227 e. The zero-order chi connectivity index (χ0) is 18.8. The summed E-state index contributed by atoms with van der Waals surface area (Å²) in [5.41, 5.74) is 8.44. The summed E-state index contributed by atoms with van der Waals surface area (Å²) in [5, 5.41) is 0. The van der Waals surface area contributed by atoms with Gasteiger partial charge in [0.2, 0.25) is 5.91 Å². The Bertz CT molecular complexity index is 815. The summed E-state index contributed by atoms with van der Waals surface area (Å²) in [6.07, 6.45) is 1.91. The second-order valence-corrected chi connectivity index (χ2v) is 7.29. The molecule has 0 spiro atoms. The lowest BCUT2D eigenvalue weighted by atomic mass is 9.93. The number of hydrogen-bond acceptors (Lipinski definition) is 4. The van der Waals surface area contributed by atoms with Crippen LogP contribution in [0, 0.1) is 5.92 Å². The second kappa shape index (κ2) is 8.84. The Morgan fingerprint density at radius 3 is 2.64 bits per heavy atom. The predicted molar refractivity (Wildman–Crippen MR) is 111 cm³/mol. The van der Waals surface area contributed by atoms with Crippen LogP contribution in [0.1, 0.15) is 43.0 Å². The van der Waals surface area contributed by atoms with Gasteiger partial charge in [-0.15, -0.1) is 12.4 Å². The molecule has 0 aromatic heterocycles. The van der Waals surface area contributed by atoms with Crippen molar-refractivity contribution < 1.29 is 14.3 Å². The van der Waals surface area contributed by atoms with Crippen LogP contribution in [0.25, 0.3) is 0 Å². The molecular formula is C22H27ClN2O3. The van der Waals surface area contributed by atoms with Crippen LogP contribution in [0.2, 0.25) is 0 Å². The van der Waals surface area contributed by atoms with E-state index in [9.17, 15) is 4.79 Å². The van der Waals surface area contributed by atoms with E-state index in [4.69, 9.17) is 15.2 Å². The molecule has 2 N–H and O–H groups in total. The van der Waals surface area contributed by atoms with E-state index in [1.54, 1.807) is 0 Å². The van der Waals surface area contributed by atoms with E-state index < -0.39 is 0 Å². The Kier molecular flexibility index (Phi) is 6.47. The van der Waals surface area contributed by atoms with E-state index >= 15 is 0 Å². The topological polar surface area (TPSA) is 64.8 Å². The standard InChI is InChI=1S/C22H26N2O3.ClH/c1-15(20(23)16-7-3-2-4-8-16)22(25)24-12-6-10-18(24)17-9-5-11-19-21(17)27-14-13-26-19;/h2-5,7-9,11,15,18,20H,6,10,12-14,23H2,1H3;1H. The van der Waals surface area contributed by atoms with E-state index in [2.05, 4.69) is 0 Å². The van der Waals surface area contributed by atoms with E-state index in [1.165, 1.54) is 0 Å². The molecule has 0 saturated carbocycles. The van der Waals surface area contributed by atoms with E-state index in [-0.39, 0.29) is 36.3 Å². The van der Waals surface area contributed by atoms with Crippen LogP contribution < -0.4 is 15.2 Å². The quantitative estimate of drug-likeness (QED) is 0.842. The smallest absolute Gasteiger partial charge is 0.227 e. The first-order valence-corrected chi connectivity index (χ1v) is 9.66. The van der Waals surface area contributed by atoms with E-state index in [0.717, 1.165) is 42.0 Å². The van der Waals surface area contributed by atoms with Crippen LogP contribution in [0.4, 0.5) is 0 Å². The normalized spacial score (nSPS) is 20.2. The van der Waals surface area contributed by atoms with Gasteiger partial charge < -0.3 is 20.1 Å². The van der Waals surface area contributed by atoms with Gasteiger partial charge in [-0.2, -0.15) is 0 Å². The number of hydrogen-bond donors (Lipinski definition) is 1. The van der Waals surface area contributed by atoms with Gasteiger partial charge in [-0.25, -0.2) is 0 Å². The predicted octanol–water partition coefficient (Wildman–Crippen LogP) is 3.88. The highest BCUT2D eigenvalue weighted by Gasteiger charge is 2.36. The third-order valence-electron chi connectivity index (χ3n) is 5.60. The van der Waals surface area contributed by atoms with Gasteiger partial charge in [0.25, 0.3) is 0 Å². The lowest BCUT2D eigenvalue weighted by Gasteiger charge is -2.32. The van der Waals surface area contributed by atoms with Crippen molar-refractivity contribution in [2.24, 2.45) is 11.7 Å². The molecule has 2 aliphatic heterocycles. The maximum absolute atomic E-state index is 13.3. The van der Waals surface area contributed by atoms with E-state index in [1.807, 2.05) is 60.4 Å². The van der Waals surface area contributed by atoms with Crippen LogP contribution in [0.15, 0.2) is 48.5 Å². The average Bonchev–Trinajstić information content (AvgIpc) is 3.22. The summed E-state index contributed by atoms with van der Waals surface area (Å²) < 4.78 is 11.6. The van der Waals surface area contributed by atoms with E-state index in [0.29, 0.717) is 13.2 Å². The van der Waals surface area contributed by atoms with Crippen LogP contribution in [-0.2, 0) is 4.79 Å². The molecule has 1 fully saturated rings. The third-order valence-corrected chi connectivity index (χ3v) is 5.60. The average molecular weight is 403 g/mol. The molecule has 4 rings (SSSR count). The first-order valence-electron chi connectivity index (χ1n) is 9.66. The van der Waals surface area contributed by atoms with Crippen molar-refractivity contribution in [3.8, 4) is 11.5 Å². The van der Waals surface area contributed by atoms with Gasteiger partial charge in [0, 0.05) is 18.2 Å². The van der Waals surface area contributed by atoms with Gasteiger partial charge in [0.1, 0.15) is 13.2 Å². The van der Waals surface area contributed by atoms with Gasteiger partial charge in [0.15, 0.2) is 11.5 Å². The van der Waals surface area contributed by atoms with Crippen LogP contribution in [0.5, 0.6) is 11.5 Å². The number of ether oxygens (including phenoxy) is 2. The largest absolute Gasteiger partial charge is 0.486 e. The first-order chi connectivity index (χ1) is 13.2. The number of likely N-dealkylation sites (tertiary alicyclic amines) is 1. The van der Waals surface area contributed by atoms with Crippen molar-refractivity contribution in [2.75, 3.05) is 19.8 Å². The number of rotatable bonds is 4. The van der Waals surface area contributed by atoms with Crippen LogP contribution >= 0.6 is 12.4 Å². The number of nitrogens with two attached hydrogens (primary N) is 1. The summed E-state index contributed by atoms with van der Waals surface area (Å²) in [6, 6.07) is 15.5. The highest BCUT2D eigenvalue weighted by Crippen LogP contribution is 2.43. The molecule has 2 aromatic rings. The zero-order valence-corrected chi connectivity index (χ0v) is 16.9. The highest BCUT2D eigenvalue weighted by molar-refractivity contribution is 5.85. The van der Waals surface area contributed by atoms with Crippen molar-refractivity contribution in [2.45, 2.75) is 31.8 Å². The van der Waals surface area contributed by atoms with Crippen molar-refractivity contribution >= 4 is 18.3 Å². The molecule has 28 heavy (non-hydrogen) atoms. The third kappa shape index (κ3) is 3.82. The summed E-state index contributed by atoms with van der Waals surface area (Å²) in [5.74, 6) is 1.37. The number of carbonyl (C=O) groups is 1. The lowest BCUT2D eigenvalue weighted by Crippen LogP contribution is -2.39. The molecule has 150 valence electrons. The fraction of sp³-hybridized carbons (Fsp3) is 0.409. The highest BCUT2D eigenvalue weighted by atomic mass is 35.5. The molecule has 2 aliphatic rings. The molecule has 1 saturated heterocycles. The molecule has 0 aliphatic carbocycles. The Morgan fingerprint density at radius 1 is 1.11 bits per heavy atom. The van der Waals surface area contributed by atoms with Crippen LogP contribution in [-0.4, -0.2) is 30.6 Å². The SMILES string of the molecule is CC(C(=O)N1CCCC1c1cccc2c1OCCO2)C(N)c1ccccc1.Cl. The Labute approximate surface area is 172 Å². The van der Waals surface area contributed by atoms with Crippen LogP contribution in [0.3, 0.4) is 0 Å². The van der Waals surface area contributed by atoms with Gasteiger partial charge >= 0.3 is 0 Å². The monoisotopic (exact) mass is 402 g/mol. The van der Waals surface area contributed by atoms with Crippen molar-refractivity contribution in [3.05, 3.63) is 59.7 Å². The molecular weight excluding hydrogens is 376 g/mol. The minimum Gasteiger partial charge on any atom is -0.486 e. The molecule has 0 radical (unpaired) electrons. The molecule has 1 amide bonds. The van der Waals surface area contributed by atoms with Gasteiger partial charge in [0.05, 0.1) is 12.0 Å². The molecule has 3 unspecified atom stereocenters. The number of benzene rings is 2. The molecule has 2 heterocycles. The maximum atomic E-state index is 13.3. The number of para-hydroxylation sites is 1. The Hall–Kier alpha value is -2.24. The number of halogens is 1. The first kappa shape index (κ1) is 20.5. The van der Waals surface area contributed by atoms with Gasteiger partial charge in [-0.1, -0.05) is 49.4 Å². The summed E-state index contributed by atoms with van der Waals surface area (Å²) in [6.45, 7) is 3.78. The number of fused-ring (bicyclic) bond motifs is 1. The molecule has 6 heteroatoms. The fourth-order valence-electron chi connectivity index (χ4n) is 4.09. The van der Waals surface area contributed by atoms with Crippen molar-refractivity contribution in [1.82, 2.24) is 4.90 Å². The summed E-state index contributed by atoms with van der Waals surface area (Å²) in [4.78, 5) is 15.3. The summed E-state index contributed by atoms with van der Waals surface area (Å²) in [7, 11) is 0. The molecule has 3 atom stereocenters. The van der Waals surface area contributed by atoms with Crippen molar-refractivity contribution in [3.63, 3.8) is 0 Å². The van der Waals surface area contributed by atoms with Crippen molar-refractivity contribution in [1.29, 1.82) is 0 Å². The second-order valence-electron chi connectivity index (χ2n) is 7.29. The number of amides is 1. The minimum absolute atomic E-state index is 0. The lowest BCUT2D eigenvalue weighted by molar-refractivity contribution is -0.136. The Balaban J connectivity index is 0.00000225. The number of carbonyl (C=O) groups excluding carboxylic acids is 1. The van der Waals surface area contributed by atoms with Gasteiger partial charge in [-0.05, 0) is 24.5 Å². The number of nitrogens with zero attached hydrogens (tertiary/aromatic N) is 1. The molecule has 0 bridgehead atoms. The Morgan fingerprint density at radius 2 is 1.86 bits per heavy atom. The summed E-state index contributed by atoms with van der Waals surface area (Å²) >= 11 is 0.